The van der Waals surface area contributed by atoms with Gasteiger partial charge in [-0.25, -0.2) is 0 Å². The molecule has 2 N–H and O–H groups in total. The number of anilines is 1. The molecule has 0 unspecified atom stereocenters. The van der Waals surface area contributed by atoms with Gasteiger partial charge in [0.2, 0.25) is 0 Å². The maximum absolute atomic E-state index is 9.00. The van der Waals surface area contributed by atoms with E-state index in [9.17, 15) is 0 Å². The van der Waals surface area contributed by atoms with E-state index in [-0.39, 0.29) is 0 Å². The van der Waals surface area contributed by atoms with E-state index in [1.807, 2.05) is 11.8 Å². The first-order chi connectivity index (χ1) is 6.20. The molecule has 0 bridgehead atoms. The Kier molecular flexibility index (Phi) is 3.64. The fourth-order valence-corrected chi connectivity index (χ4v) is 1.78. The molecule has 13 heavy (non-hydrogen) atoms. The van der Waals surface area contributed by atoms with Crippen LogP contribution in [-0.2, 0) is 4.79 Å². The molecule has 0 amide bonds. The van der Waals surface area contributed by atoms with Crippen LogP contribution in [0.5, 0.6) is 0 Å². The molecule has 1 heterocycles. The summed E-state index contributed by atoms with van der Waals surface area (Å²) in [6, 6.07) is 8.37. The van der Waals surface area contributed by atoms with Gasteiger partial charge in [0.25, 0.3) is 5.97 Å². The minimum absolute atomic E-state index is 0.833. The zero-order valence-electron chi connectivity index (χ0n) is 7.28. The number of hydrogen-bond donors (Lipinski definition) is 2. The van der Waals surface area contributed by atoms with Crippen molar-refractivity contribution in [3.8, 4) is 0 Å². The number of fused-ring (bicyclic) bond motifs is 1. The van der Waals surface area contributed by atoms with Gasteiger partial charge >= 0.3 is 0 Å². The Bertz CT molecular complexity index is 274. The van der Waals surface area contributed by atoms with Crippen molar-refractivity contribution in [3.63, 3.8) is 0 Å². The summed E-state index contributed by atoms with van der Waals surface area (Å²) in [5.41, 5.74) is 1.28. The van der Waals surface area contributed by atoms with Crippen LogP contribution >= 0.6 is 11.8 Å². The minimum Gasteiger partial charge on any atom is -0.481 e. The lowest BCUT2D eigenvalue weighted by Gasteiger charge is -1.92. The number of rotatable bonds is 0. The van der Waals surface area contributed by atoms with Crippen LogP contribution in [0, 0.1) is 0 Å². The van der Waals surface area contributed by atoms with Crippen LogP contribution in [0.25, 0.3) is 0 Å². The Hall–Kier alpha value is -1.16. The van der Waals surface area contributed by atoms with E-state index in [4.69, 9.17) is 9.90 Å². The van der Waals surface area contributed by atoms with Crippen LogP contribution in [0.15, 0.2) is 29.2 Å². The largest absolute Gasteiger partial charge is 0.481 e. The molecule has 0 radical (unpaired) electrons. The second-order valence-electron chi connectivity index (χ2n) is 2.48. The summed E-state index contributed by atoms with van der Waals surface area (Å²) < 4.78 is 0. The molecule has 2 rings (SSSR count). The predicted octanol–water partition coefficient (Wildman–Crippen LogP) is 2.25. The summed E-state index contributed by atoms with van der Waals surface area (Å²) in [7, 11) is 0. The maximum atomic E-state index is 9.00. The number of benzene rings is 1. The number of carboxylic acids is 1. The summed E-state index contributed by atoms with van der Waals surface area (Å²) in [5.74, 6) is 0.194. The molecule has 1 aliphatic rings. The highest BCUT2D eigenvalue weighted by Gasteiger charge is 2.06. The average molecular weight is 197 g/mol. The van der Waals surface area contributed by atoms with Crippen molar-refractivity contribution in [2.24, 2.45) is 0 Å². The Morgan fingerprint density at radius 3 is 2.77 bits per heavy atom. The Labute approximate surface area is 81.2 Å². The van der Waals surface area contributed by atoms with E-state index >= 15 is 0 Å². The van der Waals surface area contributed by atoms with E-state index in [1.54, 1.807) is 0 Å². The summed E-state index contributed by atoms with van der Waals surface area (Å²) in [5, 5.41) is 10.7. The van der Waals surface area contributed by atoms with E-state index in [0.29, 0.717) is 0 Å². The smallest absolute Gasteiger partial charge is 0.300 e. The molecule has 0 saturated heterocycles. The number of thioether (sulfide) groups is 1. The van der Waals surface area contributed by atoms with Gasteiger partial charge in [-0.05, 0) is 12.1 Å². The lowest BCUT2D eigenvalue weighted by molar-refractivity contribution is -0.134. The zero-order chi connectivity index (χ0) is 9.68. The molecule has 0 fully saturated rings. The number of para-hydroxylation sites is 1. The third-order valence-electron chi connectivity index (χ3n) is 1.38. The molecular formula is C9H11NO2S. The van der Waals surface area contributed by atoms with E-state index < -0.39 is 5.97 Å². The van der Waals surface area contributed by atoms with Crippen LogP contribution < -0.4 is 5.32 Å². The van der Waals surface area contributed by atoms with Crippen molar-refractivity contribution in [1.82, 2.24) is 0 Å². The lowest BCUT2D eigenvalue weighted by atomic mass is 10.3. The number of hydrogen-bond acceptors (Lipinski definition) is 3. The second kappa shape index (κ2) is 4.77. The van der Waals surface area contributed by atoms with Gasteiger partial charge in [-0.1, -0.05) is 12.1 Å². The molecule has 0 spiro atoms. The fraction of sp³-hybridized carbons (Fsp3) is 0.222. The first kappa shape index (κ1) is 9.92. The average Bonchev–Trinajstić information content (AvgIpc) is 2.49. The molecule has 1 aromatic carbocycles. The number of carbonyl (C=O) groups is 1. The minimum atomic E-state index is -0.833. The van der Waals surface area contributed by atoms with Crippen molar-refractivity contribution >= 4 is 23.4 Å². The van der Waals surface area contributed by atoms with Gasteiger partial charge in [-0.15, -0.1) is 11.8 Å². The summed E-state index contributed by atoms with van der Waals surface area (Å²) in [6.07, 6.45) is 0. The van der Waals surface area contributed by atoms with Crippen molar-refractivity contribution in [2.75, 3.05) is 11.2 Å². The summed E-state index contributed by atoms with van der Waals surface area (Å²) in [6.45, 7) is 1.08. The quantitative estimate of drug-likeness (QED) is 0.669. The van der Waals surface area contributed by atoms with Crippen molar-refractivity contribution in [2.45, 2.75) is 11.8 Å². The predicted molar refractivity (Wildman–Crippen MR) is 54.1 cm³/mol. The van der Waals surface area contributed by atoms with E-state index in [0.717, 1.165) is 12.8 Å². The molecule has 0 saturated carbocycles. The van der Waals surface area contributed by atoms with Crippen molar-refractivity contribution < 1.29 is 9.90 Å². The SMILES string of the molecule is CC(=O)O.c1ccc2c(c1)NCS2. The van der Waals surface area contributed by atoms with Gasteiger partial charge in [0.15, 0.2) is 0 Å². The zero-order valence-corrected chi connectivity index (χ0v) is 8.10. The normalized spacial score (nSPS) is 12.1. The van der Waals surface area contributed by atoms with Gasteiger partial charge in [0.05, 0.1) is 5.88 Å². The molecule has 0 aromatic heterocycles. The highest BCUT2D eigenvalue weighted by molar-refractivity contribution is 7.99. The number of carboxylic acid groups (broad SMARTS) is 1. The number of nitrogens with one attached hydrogen (secondary N) is 1. The molecule has 0 atom stereocenters. The summed E-state index contributed by atoms with van der Waals surface area (Å²) in [4.78, 5) is 10.4. The monoisotopic (exact) mass is 197 g/mol. The van der Waals surface area contributed by atoms with Crippen LogP contribution in [-0.4, -0.2) is 17.0 Å². The van der Waals surface area contributed by atoms with Crippen molar-refractivity contribution in [1.29, 1.82) is 0 Å². The molecule has 1 aromatic rings. The molecular weight excluding hydrogens is 186 g/mol. The van der Waals surface area contributed by atoms with Gasteiger partial charge in [-0.3, -0.25) is 4.79 Å². The van der Waals surface area contributed by atoms with Crippen LogP contribution in [0.3, 0.4) is 0 Å². The van der Waals surface area contributed by atoms with Crippen LogP contribution in [0.1, 0.15) is 6.92 Å². The second-order valence-corrected chi connectivity index (χ2v) is 3.50. The Morgan fingerprint density at radius 2 is 2.15 bits per heavy atom. The molecule has 70 valence electrons. The van der Waals surface area contributed by atoms with E-state index in [2.05, 4.69) is 29.6 Å². The highest BCUT2D eigenvalue weighted by Crippen LogP contribution is 2.32. The summed E-state index contributed by atoms with van der Waals surface area (Å²) >= 11 is 1.86. The molecule has 0 aliphatic carbocycles. The van der Waals surface area contributed by atoms with Gasteiger partial charge < -0.3 is 10.4 Å². The van der Waals surface area contributed by atoms with Gasteiger partial charge in [0.1, 0.15) is 0 Å². The standard InChI is InChI=1S/C7H7NS.C2H4O2/c1-2-4-7-6(3-1)8-5-9-7;1-2(3)4/h1-4,8H,5H2;1H3,(H,3,4). The van der Waals surface area contributed by atoms with Gasteiger partial charge in [0, 0.05) is 17.5 Å². The molecule has 3 nitrogen and oxygen atoms in total. The fourth-order valence-electron chi connectivity index (χ4n) is 0.930. The Balaban J connectivity index is 0.000000184. The van der Waals surface area contributed by atoms with Crippen LogP contribution in [0.4, 0.5) is 5.69 Å². The first-order valence-corrected chi connectivity index (χ1v) is 4.84. The topological polar surface area (TPSA) is 49.3 Å². The van der Waals surface area contributed by atoms with Crippen LogP contribution in [0.2, 0.25) is 0 Å². The third kappa shape index (κ3) is 3.38. The maximum Gasteiger partial charge on any atom is 0.300 e. The van der Waals surface area contributed by atoms with E-state index in [1.165, 1.54) is 10.6 Å². The third-order valence-corrected chi connectivity index (χ3v) is 2.33. The highest BCUT2D eigenvalue weighted by atomic mass is 32.2. The number of aliphatic carboxylic acids is 1. The first-order valence-electron chi connectivity index (χ1n) is 3.85. The Morgan fingerprint density at radius 1 is 1.54 bits per heavy atom. The van der Waals surface area contributed by atoms with Gasteiger partial charge in [-0.2, -0.15) is 0 Å². The lowest BCUT2D eigenvalue weighted by Crippen LogP contribution is -1.86. The van der Waals surface area contributed by atoms with Crippen molar-refractivity contribution in [3.05, 3.63) is 24.3 Å². The molecule has 1 aliphatic heterocycles. The molecule has 4 heteroatoms.